The van der Waals surface area contributed by atoms with Crippen molar-refractivity contribution in [2.75, 3.05) is 0 Å². The summed E-state index contributed by atoms with van der Waals surface area (Å²) in [5, 5.41) is 3.53. The Labute approximate surface area is 90.7 Å². The Balaban J connectivity index is 1.79. The lowest BCUT2D eigenvalue weighted by molar-refractivity contribution is 0.372. The van der Waals surface area contributed by atoms with Gasteiger partial charge in [-0.3, -0.25) is 0 Å². The summed E-state index contributed by atoms with van der Waals surface area (Å²) in [6.45, 7) is 0.866. The van der Waals surface area contributed by atoms with Gasteiger partial charge in [-0.1, -0.05) is 31.4 Å². The summed E-state index contributed by atoms with van der Waals surface area (Å²) in [6, 6.07) is 7.43. The molecule has 0 bridgehead atoms. The largest absolute Gasteiger partial charge is 0.310 e. The van der Waals surface area contributed by atoms with E-state index in [0.717, 1.165) is 6.54 Å². The second kappa shape index (κ2) is 5.26. The molecule has 0 spiro atoms. The van der Waals surface area contributed by atoms with Gasteiger partial charge in [-0.15, -0.1) is 0 Å². The Hall–Kier alpha value is -0.890. The molecule has 1 N–H and O–H groups in total. The molecule has 0 atom stereocenters. The SMILES string of the molecule is Fc1ccc(CNC2CCCCC2)cc1. The highest BCUT2D eigenvalue weighted by Crippen LogP contribution is 2.17. The Bertz CT molecular complexity index is 288. The van der Waals surface area contributed by atoms with E-state index in [1.165, 1.54) is 49.8 Å². The van der Waals surface area contributed by atoms with E-state index in [-0.39, 0.29) is 5.82 Å². The average Bonchev–Trinajstić information content (AvgIpc) is 2.30. The number of hydrogen-bond donors (Lipinski definition) is 1. The number of halogens is 1. The molecule has 15 heavy (non-hydrogen) atoms. The third-order valence-corrected chi connectivity index (χ3v) is 3.11. The van der Waals surface area contributed by atoms with Gasteiger partial charge in [0.15, 0.2) is 0 Å². The van der Waals surface area contributed by atoms with Gasteiger partial charge in [0, 0.05) is 12.6 Å². The van der Waals surface area contributed by atoms with E-state index in [0.29, 0.717) is 6.04 Å². The maximum atomic E-state index is 12.7. The lowest BCUT2D eigenvalue weighted by Gasteiger charge is -2.22. The van der Waals surface area contributed by atoms with E-state index in [4.69, 9.17) is 0 Å². The summed E-state index contributed by atoms with van der Waals surface area (Å²) in [5.74, 6) is -0.156. The molecule has 1 aliphatic rings. The van der Waals surface area contributed by atoms with Gasteiger partial charge in [0.2, 0.25) is 0 Å². The van der Waals surface area contributed by atoms with E-state index < -0.39 is 0 Å². The van der Waals surface area contributed by atoms with E-state index in [1.807, 2.05) is 12.1 Å². The average molecular weight is 207 g/mol. The lowest BCUT2D eigenvalue weighted by Crippen LogP contribution is -2.30. The molecule has 0 radical (unpaired) electrons. The van der Waals surface area contributed by atoms with Crippen LogP contribution in [0, 0.1) is 5.82 Å². The minimum Gasteiger partial charge on any atom is -0.310 e. The van der Waals surface area contributed by atoms with Gasteiger partial charge >= 0.3 is 0 Å². The first kappa shape index (κ1) is 10.6. The van der Waals surface area contributed by atoms with Crippen LogP contribution in [0.5, 0.6) is 0 Å². The molecule has 0 saturated heterocycles. The summed E-state index contributed by atoms with van der Waals surface area (Å²) >= 11 is 0. The smallest absolute Gasteiger partial charge is 0.123 e. The van der Waals surface area contributed by atoms with Crippen LogP contribution in [0.1, 0.15) is 37.7 Å². The van der Waals surface area contributed by atoms with E-state index in [1.54, 1.807) is 0 Å². The van der Waals surface area contributed by atoms with Crippen molar-refractivity contribution in [2.45, 2.75) is 44.7 Å². The normalized spacial score (nSPS) is 17.9. The fourth-order valence-corrected chi connectivity index (χ4v) is 2.17. The highest BCUT2D eigenvalue weighted by molar-refractivity contribution is 5.15. The molecule has 1 nitrogen and oxygen atoms in total. The molecule has 2 rings (SSSR count). The Morgan fingerprint density at radius 2 is 1.73 bits per heavy atom. The number of nitrogens with one attached hydrogen (secondary N) is 1. The van der Waals surface area contributed by atoms with Gasteiger partial charge in [-0.2, -0.15) is 0 Å². The van der Waals surface area contributed by atoms with Crippen LogP contribution >= 0.6 is 0 Å². The molecule has 1 saturated carbocycles. The second-order valence-corrected chi connectivity index (χ2v) is 4.34. The molecular formula is C13H18FN. The number of rotatable bonds is 3. The zero-order chi connectivity index (χ0) is 10.5. The van der Waals surface area contributed by atoms with E-state index in [9.17, 15) is 4.39 Å². The minimum atomic E-state index is -0.156. The van der Waals surface area contributed by atoms with Crippen molar-refractivity contribution in [3.05, 3.63) is 35.6 Å². The molecule has 1 aromatic rings. The molecule has 0 amide bonds. The lowest BCUT2D eigenvalue weighted by atomic mass is 9.95. The first-order chi connectivity index (χ1) is 7.34. The first-order valence-electron chi connectivity index (χ1n) is 5.82. The summed E-state index contributed by atoms with van der Waals surface area (Å²) in [6.07, 6.45) is 6.67. The summed E-state index contributed by atoms with van der Waals surface area (Å²) in [7, 11) is 0. The van der Waals surface area contributed by atoms with Crippen molar-refractivity contribution in [1.29, 1.82) is 0 Å². The van der Waals surface area contributed by atoms with Crippen molar-refractivity contribution < 1.29 is 4.39 Å². The van der Waals surface area contributed by atoms with Crippen molar-refractivity contribution in [3.63, 3.8) is 0 Å². The molecule has 1 aromatic carbocycles. The zero-order valence-corrected chi connectivity index (χ0v) is 9.01. The molecule has 82 valence electrons. The van der Waals surface area contributed by atoms with Gasteiger partial charge in [0.05, 0.1) is 0 Å². The highest BCUT2D eigenvalue weighted by Gasteiger charge is 2.11. The molecule has 1 fully saturated rings. The maximum absolute atomic E-state index is 12.7. The Morgan fingerprint density at radius 3 is 2.40 bits per heavy atom. The molecule has 1 aliphatic carbocycles. The molecular weight excluding hydrogens is 189 g/mol. The monoisotopic (exact) mass is 207 g/mol. The fraction of sp³-hybridized carbons (Fsp3) is 0.538. The number of benzene rings is 1. The van der Waals surface area contributed by atoms with Gasteiger partial charge in [0.1, 0.15) is 5.82 Å². The van der Waals surface area contributed by atoms with Gasteiger partial charge < -0.3 is 5.32 Å². The van der Waals surface area contributed by atoms with Gasteiger partial charge in [-0.25, -0.2) is 4.39 Å². The third-order valence-electron chi connectivity index (χ3n) is 3.11. The fourth-order valence-electron chi connectivity index (χ4n) is 2.17. The highest BCUT2D eigenvalue weighted by atomic mass is 19.1. The Kier molecular flexibility index (Phi) is 3.73. The van der Waals surface area contributed by atoms with Crippen molar-refractivity contribution in [3.8, 4) is 0 Å². The van der Waals surface area contributed by atoms with Crippen LogP contribution in [-0.4, -0.2) is 6.04 Å². The minimum absolute atomic E-state index is 0.156. The number of hydrogen-bond acceptors (Lipinski definition) is 1. The van der Waals surface area contributed by atoms with Crippen LogP contribution < -0.4 is 5.32 Å². The predicted octanol–water partition coefficient (Wildman–Crippen LogP) is 3.25. The predicted molar refractivity (Wildman–Crippen MR) is 60.1 cm³/mol. The molecule has 0 unspecified atom stereocenters. The van der Waals surface area contributed by atoms with Crippen LogP contribution in [0.3, 0.4) is 0 Å². The molecule has 0 heterocycles. The van der Waals surface area contributed by atoms with Crippen LogP contribution in [0.15, 0.2) is 24.3 Å². The van der Waals surface area contributed by atoms with Crippen molar-refractivity contribution in [2.24, 2.45) is 0 Å². The second-order valence-electron chi connectivity index (χ2n) is 4.34. The standard InChI is InChI=1S/C13H18FN/c14-12-8-6-11(7-9-12)10-15-13-4-2-1-3-5-13/h6-9,13,15H,1-5,10H2. The van der Waals surface area contributed by atoms with Crippen LogP contribution in [0.2, 0.25) is 0 Å². The summed E-state index contributed by atoms with van der Waals surface area (Å²) in [4.78, 5) is 0. The zero-order valence-electron chi connectivity index (χ0n) is 9.01. The van der Waals surface area contributed by atoms with Crippen LogP contribution in [-0.2, 0) is 6.54 Å². The molecule has 2 heteroatoms. The van der Waals surface area contributed by atoms with Gasteiger partial charge in [-0.05, 0) is 30.5 Å². The van der Waals surface area contributed by atoms with Crippen LogP contribution in [0.25, 0.3) is 0 Å². The topological polar surface area (TPSA) is 12.0 Å². The maximum Gasteiger partial charge on any atom is 0.123 e. The first-order valence-corrected chi connectivity index (χ1v) is 5.82. The van der Waals surface area contributed by atoms with Crippen molar-refractivity contribution >= 4 is 0 Å². The van der Waals surface area contributed by atoms with E-state index in [2.05, 4.69) is 5.32 Å². The van der Waals surface area contributed by atoms with Crippen molar-refractivity contribution in [1.82, 2.24) is 5.32 Å². The Morgan fingerprint density at radius 1 is 1.07 bits per heavy atom. The molecule has 0 aromatic heterocycles. The van der Waals surface area contributed by atoms with Gasteiger partial charge in [0.25, 0.3) is 0 Å². The quantitative estimate of drug-likeness (QED) is 0.802. The molecule has 0 aliphatic heterocycles. The summed E-state index contributed by atoms with van der Waals surface area (Å²) < 4.78 is 12.7. The summed E-state index contributed by atoms with van der Waals surface area (Å²) in [5.41, 5.74) is 1.17. The third kappa shape index (κ3) is 3.31. The van der Waals surface area contributed by atoms with Crippen LogP contribution in [0.4, 0.5) is 4.39 Å². The van der Waals surface area contributed by atoms with E-state index >= 15 is 0 Å².